The van der Waals surface area contributed by atoms with Crippen LogP contribution in [0.15, 0.2) is 24.8 Å². The van der Waals surface area contributed by atoms with Gasteiger partial charge in [-0.15, -0.1) is 0 Å². The molecule has 6 rings (SSSR count). The normalized spacial score (nSPS) is 26.9. The molecule has 2 aromatic rings. The molecule has 2 saturated heterocycles. The number of nitrogens with one attached hydrogen (secondary N) is 3. The third-order valence-corrected chi connectivity index (χ3v) is 10.5. The average molecular weight is 536 g/mol. The first-order valence-electron chi connectivity index (χ1n) is 15.9. The quantitative estimate of drug-likeness (QED) is 0.445. The fraction of sp³-hybridized carbons (Fsp3) is 0.774. The lowest BCUT2D eigenvalue weighted by Crippen LogP contribution is -2.47. The lowest BCUT2D eigenvalue weighted by molar-refractivity contribution is -0.127. The van der Waals surface area contributed by atoms with Gasteiger partial charge < -0.3 is 25.1 Å². The molecule has 2 aliphatic carbocycles. The molecule has 2 aliphatic heterocycles. The van der Waals surface area contributed by atoms with Crippen LogP contribution in [0.3, 0.4) is 0 Å². The van der Waals surface area contributed by atoms with Gasteiger partial charge in [0.2, 0.25) is 5.91 Å². The molecular weight excluding hydrogens is 486 g/mol. The summed E-state index contributed by atoms with van der Waals surface area (Å²) in [6.45, 7) is 6.50. The van der Waals surface area contributed by atoms with Gasteiger partial charge in [-0.25, -0.2) is 9.97 Å². The van der Waals surface area contributed by atoms with E-state index in [2.05, 4.69) is 35.1 Å². The molecule has 2 aromatic heterocycles. The first-order valence-corrected chi connectivity index (χ1v) is 15.9. The fourth-order valence-electron chi connectivity index (χ4n) is 8.15. The minimum atomic E-state index is -0.0159. The Labute approximate surface area is 234 Å². The second-order valence-electron chi connectivity index (χ2n) is 13.2. The lowest BCUT2D eigenvalue weighted by atomic mass is 9.77. The number of H-pyrrole nitrogens is 2. The van der Waals surface area contributed by atoms with Crippen LogP contribution < -0.4 is 5.32 Å². The van der Waals surface area contributed by atoms with E-state index in [1.165, 1.54) is 96.9 Å². The Kier molecular flexibility index (Phi) is 8.69. The summed E-state index contributed by atoms with van der Waals surface area (Å²) < 4.78 is 0. The second kappa shape index (κ2) is 12.5. The van der Waals surface area contributed by atoms with Gasteiger partial charge in [0.1, 0.15) is 11.6 Å². The molecule has 3 N–H and O–H groups in total. The molecule has 0 aromatic carbocycles. The van der Waals surface area contributed by atoms with E-state index in [0.717, 1.165) is 36.5 Å². The van der Waals surface area contributed by atoms with Gasteiger partial charge in [0.15, 0.2) is 0 Å². The minimum Gasteiger partial charge on any atom is -0.352 e. The molecule has 0 radical (unpaired) electrons. The van der Waals surface area contributed by atoms with Gasteiger partial charge in [-0.1, -0.05) is 19.3 Å². The van der Waals surface area contributed by atoms with E-state index in [-0.39, 0.29) is 17.9 Å². The topological polar surface area (TPSA) is 92.9 Å². The van der Waals surface area contributed by atoms with E-state index in [1.54, 1.807) is 12.4 Å². The van der Waals surface area contributed by atoms with Crippen molar-refractivity contribution in [3.8, 4) is 0 Å². The van der Waals surface area contributed by atoms with Gasteiger partial charge in [0, 0.05) is 68.7 Å². The van der Waals surface area contributed by atoms with Crippen molar-refractivity contribution in [2.24, 2.45) is 17.3 Å². The molecular formula is C31H49N7O. The Morgan fingerprint density at radius 1 is 0.897 bits per heavy atom. The Balaban J connectivity index is 0.934. The van der Waals surface area contributed by atoms with Crippen molar-refractivity contribution < 1.29 is 4.79 Å². The molecule has 1 amide bonds. The second-order valence-corrected chi connectivity index (χ2v) is 13.2. The molecule has 4 heterocycles. The van der Waals surface area contributed by atoms with Gasteiger partial charge in [-0.3, -0.25) is 4.79 Å². The summed E-state index contributed by atoms with van der Waals surface area (Å²) in [5, 5.41) is 3.34. The van der Waals surface area contributed by atoms with Crippen LogP contribution >= 0.6 is 0 Å². The fourth-order valence-corrected chi connectivity index (χ4v) is 8.15. The number of aromatic nitrogens is 4. The number of nitrogens with zero attached hydrogens (tertiary/aromatic N) is 4. The lowest BCUT2D eigenvalue weighted by Gasteiger charge is -2.44. The number of carbonyl (C=O) groups excluding carboxylic acids is 1. The van der Waals surface area contributed by atoms with Gasteiger partial charge in [-0.05, 0) is 88.8 Å². The first-order chi connectivity index (χ1) is 19.1. The maximum absolute atomic E-state index is 13.3. The van der Waals surface area contributed by atoms with Crippen LogP contribution in [0, 0.1) is 17.3 Å². The van der Waals surface area contributed by atoms with Crippen molar-refractivity contribution in [1.29, 1.82) is 0 Å². The smallest absolute Gasteiger partial charge is 0.223 e. The van der Waals surface area contributed by atoms with Crippen LogP contribution in [0.5, 0.6) is 0 Å². The Bertz CT molecular complexity index is 964. The standard InChI is InChI=1S/C31H49N7O/c39-30(36-26(20-28-32-13-14-33-28)21-29-34-15-16-35-29)25-8-6-24(7-9-25)22-37-17-10-31(23-37)11-18-38(19-12-31)27-4-2-1-3-5-27/h13-16,24-27H,1-12,17-23H2,(H,32,33)(H,34,35)(H,36,39). The third-order valence-electron chi connectivity index (χ3n) is 10.5. The van der Waals surface area contributed by atoms with Crippen molar-refractivity contribution in [2.75, 3.05) is 32.7 Å². The van der Waals surface area contributed by atoms with Crippen LogP contribution in [0.1, 0.15) is 88.7 Å². The van der Waals surface area contributed by atoms with E-state index in [4.69, 9.17) is 0 Å². The van der Waals surface area contributed by atoms with Gasteiger partial charge in [0.25, 0.3) is 0 Å². The van der Waals surface area contributed by atoms with Crippen molar-refractivity contribution in [2.45, 2.75) is 102 Å². The number of aromatic amines is 2. The predicted octanol–water partition coefficient (Wildman–Crippen LogP) is 4.33. The zero-order valence-electron chi connectivity index (χ0n) is 23.8. The summed E-state index contributed by atoms with van der Waals surface area (Å²) in [6, 6.07) is 0.865. The van der Waals surface area contributed by atoms with Crippen LogP contribution in [0.2, 0.25) is 0 Å². The maximum atomic E-state index is 13.3. The number of rotatable bonds is 9. The van der Waals surface area contributed by atoms with E-state index in [9.17, 15) is 4.79 Å². The zero-order chi connectivity index (χ0) is 26.5. The zero-order valence-corrected chi connectivity index (χ0v) is 23.8. The SMILES string of the molecule is O=C(NC(Cc1ncc[nH]1)Cc1ncc[nH]1)C1CCC(CN2CCC3(CCN(C4CCCCC4)CC3)C2)CC1. The van der Waals surface area contributed by atoms with Gasteiger partial charge >= 0.3 is 0 Å². The van der Waals surface area contributed by atoms with Crippen LogP contribution in [0.25, 0.3) is 0 Å². The highest BCUT2D eigenvalue weighted by atomic mass is 16.1. The Morgan fingerprint density at radius 2 is 1.54 bits per heavy atom. The minimum absolute atomic E-state index is 0.0159. The molecule has 2 saturated carbocycles. The predicted molar refractivity (Wildman–Crippen MR) is 153 cm³/mol. The van der Waals surface area contributed by atoms with E-state index in [1.807, 2.05) is 12.4 Å². The third kappa shape index (κ3) is 6.94. The number of piperidine rings is 1. The van der Waals surface area contributed by atoms with Gasteiger partial charge in [-0.2, -0.15) is 0 Å². The van der Waals surface area contributed by atoms with E-state index >= 15 is 0 Å². The molecule has 0 bridgehead atoms. The van der Waals surface area contributed by atoms with Crippen molar-refractivity contribution >= 4 is 5.91 Å². The molecule has 0 atom stereocenters. The number of imidazole rings is 2. The molecule has 8 nitrogen and oxygen atoms in total. The van der Waals surface area contributed by atoms with Crippen molar-refractivity contribution in [3.05, 3.63) is 36.4 Å². The number of hydrogen-bond donors (Lipinski definition) is 3. The number of carbonyl (C=O) groups is 1. The Hall–Kier alpha value is -2.19. The monoisotopic (exact) mass is 535 g/mol. The summed E-state index contributed by atoms with van der Waals surface area (Å²) in [7, 11) is 0. The van der Waals surface area contributed by atoms with Crippen LogP contribution in [-0.2, 0) is 17.6 Å². The number of hydrogen-bond acceptors (Lipinski definition) is 5. The Morgan fingerprint density at radius 3 is 2.15 bits per heavy atom. The summed E-state index contributed by atoms with van der Waals surface area (Å²) in [5.41, 5.74) is 0.583. The number of likely N-dealkylation sites (tertiary alicyclic amines) is 2. The number of amides is 1. The van der Waals surface area contributed by atoms with Gasteiger partial charge in [0.05, 0.1) is 0 Å². The molecule has 1 spiro atoms. The summed E-state index contributed by atoms with van der Waals surface area (Å²) >= 11 is 0. The van der Waals surface area contributed by atoms with E-state index in [0.29, 0.717) is 18.3 Å². The van der Waals surface area contributed by atoms with Crippen molar-refractivity contribution in [1.82, 2.24) is 35.1 Å². The first kappa shape index (κ1) is 27.0. The highest BCUT2D eigenvalue weighted by Crippen LogP contribution is 2.42. The summed E-state index contributed by atoms with van der Waals surface area (Å²) in [6.07, 6.45) is 24.4. The average Bonchev–Trinajstić information content (AvgIpc) is 3.74. The summed E-state index contributed by atoms with van der Waals surface area (Å²) in [4.78, 5) is 34.0. The molecule has 4 fully saturated rings. The molecule has 214 valence electrons. The van der Waals surface area contributed by atoms with Crippen LogP contribution in [-0.4, -0.2) is 80.5 Å². The summed E-state index contributed by atoms with van der Waals surface area (Å²) in [5.74, 6) is 2.89. The van der Waals surface area contributed by atoms with E-state index < -0.39 is 0 Å². The molecule has 8 heteroatoms. The molecule has 39 heavy (non-hydrogen) atoms. The highest BCUT2D eigenvalue weighted by Gasteiger charge is 2.42. The highest BCUT2D eigenvalue weighted by molar-refractivity contribution is 5.79. The molecule has 0 unspecified atom stereocenters. The molecule has 4 aliphatic rings. The maximum Gasteiger partial charge on any atom is 0.223 e. The van der Waals surface area contributed by atoms with Crippen LogP contribution in [0.4, 0.5) is 0 Å². The van der Waals surface area contributed by atoms with Crippen molar-refractivity contribution in [3.63, 3.8) is 0 Å². The largest absolute Gasteiger partial charge is 0.352 e.